The second kappa shape index (κ2) is 5.47. The van der Waals surface area contributed by atoms with Gasteiger partial charge in [0.2, 0.25) is 0 Å². The minimum atomic E-state index is 0.232. The zero-order valence-corrected chi connectivity index (χ0v) is 14.0. The van der Waals surface area contributed by atoms with Gasteiger partial charge in [-0.3, -0.25) is 0 Å². The predicted octanol–water partition coefficient (Wildman–Crippen LogP) is 5.89. The van der Waals surface area contributed by atoms with Crippen LogP contribution in [0.3, 0.4) is 0 Å². The maximum atomic E-state index is 9.34. The summed E-state index contributed by atoms with van der Waals surface area (Å²) in [6, 6.07) is 14.0. The maximum Gasteiger partial charge on any atom is 0.115 e. The van der Waals surface area contributed by atoms with E-state index in [4.69, 9.17) is 0 Å². The number of phenols is 1. The van der Waals surface area contributed by atoms with E-state index in [0.717, 1.165) is 5.56 Å². The van der Waals surface area contributed by atoms with Crippen LogP contribution in [0.25, 0.3) is 11.6 Å². The number of allylic oxidation sites excluding steroid dienone is 1. The second-order valence-corrected chi connectivity index (χ2v) is 9.27. The van der Waals surface area contributed by atoms with Crippen molar-refractivity contribution in [3.05, 3.63) is 53.6 Å². The minimum Gasteiger partial charge on any atom is -0.508 e. The van der Waals surface area contributed by atoms with Crippen molar-refractivity contribution in [3.8, 4) is 5.75 Å². The summed E-state index contributed by atoms with van der Waals surface area (Å²) in [5.41, 5.74) is 3.60. The van der Waals surface area contributed by atoms with Crippen LogP contribution in [-0.2, 0) is 0 Å². The Morgan fingerprint density at radius 2 is 1.67 bits per heavy atom. The monoisotopic (exact) mass is 314 g/mol. The molecule has 0 atom stereocenters. The Morgan fingerprint density at radius 3 is 2.38 bits per heavy atom. The van der Waals surface area contributed by atoms with Crippen LogP contribution in [0, 0.1) is 0 Å². The van der Waals surface area contributed by atoms with Crippen LogP contribution in [0.2, 0.25) is 0 Å². The Kier molecular flexibility index (Phi) is 3.80. The molecule has 0 amide bonds. The summed E-state index contributed by atoms with van der Waals surface area (Å²) in [5.74, 6) is 0.304. The van der Waals surface area contributed by atoms with Crippen molar-refractivity contribution in [2.75, 3.05) is 0 Å². The molecule has 0 bridgehead atoms. The zero-order valence-electron chi connectivity index (χ0n) is 12.4. The Labute approximate surface area is 134 Å². The lowest BCUT2D eigenvalue weighted by molar-refractivity contribution is 0.475. The molecule has 2 aromatic rings. The van der Waals surface area contributed by atoms with E-state index >= 15 is 0 Å². The number of thioether (sulfide) groups is 2. The first-order valence-corrected chi connectivity index (χ1v) is 8.56. The van der Waals surface area contributed by atoms with Gasteiger partial charge in [0.25, 0.3) is 0 Å². The summed E-state index contributed by atoms with van der Waals surface area (Å²) in [6.07, 6.45) is 2.15. The molecule has 0 saturated carbocycles. The molecule has 1 N–H and O–H groups in total. The Bertz CT molecular complexity index is 700. The fraction of sp³-hybridized carbons (Fsp3) is 0.222. The molecule has 21 heavy (non-hydrogen) atoms. The lowest BCUT2D eigenvalue weighted by Gasteiger charge is -2.12. The van der Waals surface area contributed by atoms with Gasteiger partial charge in [0.05, 0.1) is 4.08 Å². The Hall–Kier alpha value is -1.32. The van der Waals surface area contributed by atoms with Gasteiger partial charge in [-0.1, -0.05) is 24.3 Å². The highest BCUT2D eigenvalue weighted by atomic mass is 32.2. The highest BCUT2D eigenvalue weighted by Gasteiger charge is 2.30. The molecule has 1 aliphatic heterocycles. The molecule has 0 unspecified atom stereocenters. The van der Waals surface area contributed by atoms with E-state index < -0.39 is 0 Å². The highest BCUT2D eigenvalue weighted by molar-refractivity contribution is 8.20. The van der Waals surface area contributed by atoms with E-state index in [1.165, 1.54) is 20.9 Å². The van der Waals surface area contributed by atoms with Crippen LogP contribution in [0.1, 0.15) is 31.9 Å². The molecule has 0 spiro atoms. The van der Waals surface area contributed by atoms with Gasteiger partial charge in [-0.2, -0.15) is 0 Å². The summed E-state index contributed by atoms with van der Waals surface area (Å²) < 4.78 is 0.232. The standard InChI is InChI=1S/C18H18OS2/c1-12(10-13-4-7-15(19)8-5-13)14-6-9-16-17(11-14)21-18(2,3)20-16/h4-11,19H,1-3H3/b12-10+. The van der Waals surface area contributed by atoms with Gasteiger partial charge in [-0.25, -0.2) is 0 Å². The normalized spacial score (nSPS) is 16.8. The van der Waals surface area contributed by atoms with Gasteiger partial charge in [-0.15, -0.1) is 23.5 Å². The van der Waals surface area contributed by atoms with Gasteiger partial charge < -0.3 is 5.11 Å². The fourth-order valence-electron chi connectivity index (χ4n) is 2.37. The summed E-state index contributed by atoms with van der Waals surface area (Å²) in [4.78, 5) is 2.76. The molecule has 0 radical (unpaired) electrons. The average Bonchev–Trinajstić information content (AvgIpc) is 2.74. The topological polar surface area (TPSA) is 20.2 Å². The Morgan fingerprint density at radius 1 is 1.00 bits per heavy atom. The van der Waals surface area contributed by atoms with Crippen molar-refractivity contribution in [2.24, 2.45) is 0 Å². The second-order valence-electron chi connectivity index (χ2n) is 5.68. The van der Waals surface area contributed by atoms with Crippen LogP contribution < -0.4 is 0 Å². The quantitative estimate of drug-likeness (QED) is 0.698. The van der Waals surface area contributed by atoms with Gasteiger partial charge in [0.1, 0.15) is 5.75 Å². The van der Waals surface area contributed by atoms with Gasteiger partial charge in [0.15, 0.2) is 0 Å². The predicted molar refractivity (Wildman–Crippen MR) is 93.9 cm³/mol. The first kappa shape index (κ1) is 14.6. The molecular formula is C18H18OS2. The largest absolute Gasteiger partial charge is 0.508 e. The number of rotatable bonds is 2. The van der Waals surface area contributed by atoms with E-state index in [1.54, 1.807) is 12.1 Å². The third-order valence-electron chi connectivity index (χ3n) is 3.39. The highest BCUT2D eigenvalue weighted by Crippen LogP contribution is 2.55. The molecule has 0 saturated heterocycles. The lowest BCUT2D eigenvalue weighted by Crippen LogP contribution is -2.01. The third-order valence-corrected chi connectivity index (χ3v) is 6.13. The number of hydrogen-bond donors (Lipinski definition) is 1. The molecule has 3 heteroatoms. The van der Waals surface area contributed by atoms with Gasteiger partial charge >= 0.3 is 0 Å². The van der Waals surface area contributed by atoms with Crippen LogP contribution >= 0.6 is 23.5 Å². The van der Waals surface area contributed by atoms with Gasteiger partial charge in [0, 0.05) is 9.79 Å². The summed E-state index contributed by atoms with van der Waals surface area (Å²) in [7, 11) is 0. The smallest absolute Gasteiger partial charge is 0.115 e. The van der Waals surface area contributed by atoms with Crippen molar-refractivity contribution in [2.45, 2.75) is 34.6 Å². The number of aromatic hydroxyl groups is 1. The van der Waals surface area contributed by atoms with Crippen LogP contribution in [0.5, 0.6) is 5.75 Å². The minimum absolute atomic E-state index is 0.232. The molecule has 1 heterocycles. The van der Waals surface area contributed by atoms with Crippen molar-refractivity contribution in [1.82, 2.24) is 0 Å². The van der Waals surface area contributed by atoms with Crippen molar-refractivity contribution in [1.29, 1.82) is 0 Å². The van der Waals surface area contributed by atoms with Gasteiger partial charge in [-0.05, 0) is 61.7 Å². The average molecular weight is 314 g/mol. The van der Waals surface area contributed by atoms with E-state index in [9.17, 15) is 5.11 Å². The van der Waals surface area contributed by atoms with Crippen molar-refractivity contribution < 1.29 is 5.11 Å². The summed E-state index contributed by atoms with van der Waals surface area (Å²) >= 11 is 3.87. The molecule has 1 nitrogen and oxygen atoms in total. The molecule has 1 aliphatic rings. The van der Waals surface area contributed by atoms with Crippen LogP contribution in [-0.4, -0.2) is 9.19 Å². The molecule has 108 valence electrons. The Balaban J connectivity index is 1.89. The molecule has 0 fully saturated rings. The summed E-state index contributed by atoms with van der Waals surface area (Å²) in [5, 5.41) is 9.34. The molecule has 3 rings (SSSR count). The zero-order chi connectivity index (χ0) is 15.0. The number of benzene rings is 2. The van der Waals surface area contributed by atoms with Crippen LogP contribution in [0.4, 0.5) is 0 Å². The number of phenolic OH excluding ortho intramolecular Hbond substituents is 1. The van der Waals surface area contributed by atoms with Crippen LogP contribution in [0.15, 0.2) is 52.3 Å². The lowest BCUT2D eigenvalue weighted by atomic mass is 10.0. The van der Waals surface area contributed by atoms with E-state index in [-0.39, 0.29) is 4.08 Å². The number of hydrogen-bond acceptors (Lipinski definition) is 3. The first-order chi connectivity index (χ1) is 9.93. The first-order valence-electron chi connectivity index (χ1n) is 6.93. The van der Waals surface area contributed by atoms with Crippen molar-refractivity contribution in [3.63, 3.8) is 0 Å². The van der Waals surface area contributed by atoms with E-state index in [0.29, 0.717) is 5.75 Å². The maximum absolute atomic E-state index is 9.34. The molecule has 0 aromatic heterocycles. The number of fused-ring (bicyclic) bond motifs is 1. The SMILES string of the molecule is C/C(=C\c1ccc(O)cc1)c1ccc2c(c1)SC(C)(C)S2. The molecule has 2 aromatic carbocycles. The van der Waals surface area contributed by atoms with E-state index in [2.05, 4.69) is 45.0 Å². The molecular weight excluding hydrogens is 296 g/mol. The summed E-state index contributed by atoms with van der Waals surface area (Å²) in [6.45, 7) is 6.66. The van der Waals surface area contributed by atoms with Crippen molar-refractivity contribution >= 4 is 35.2 Å². The fourth-order valence-corrected chi connectivity index (χ4v) is 5.04. The molecule has 0 aliphatic carbocycles. The van der Waals surface area contributed by atoms with E-state index in [1.807, 2.05) is 35.7 Å². The third kappa shape index (κ3) is 3.30.